The number of nitrogens with zero attached hydrogens (tertiary/aromatic N) is 2. The minimum Gasteiger partial charge on any atom is -0.493 e. The summed E-state index contributed by atoms with van der Waals surface area (Å²) < 4.78 is 30.2. The summed E-state index contributed by atoms with van der Waals surface area (Å²) >= 11 is 0. The molecule has 7 heteroatoms. The number of aryl methyl sites for hydroxylation is 1. The molecule has 1 aromatic heterocycles. The van der Waals surface area contributed by atoms with Crippen molar-refractivity contribution in [3.05, 3.63) is 65.9 Å². The maximum absolute atomic E-state index is 13.9. The van der Waals surface area contributed by atoms with Crippen LogP contribution in [0.3, 0.4) is 0 Å². The van der Waals surface area contributed by atoms with E-state index in [4.69, 9.17) is 13.9 Å². The van der Waals surface area contributed by atoms with E-state index in [-0.39, 0.29) is 18.1 Å². The van der Waals surface area contributed by atoms with Crippen molar-refractivity contribution in [2.45, 2.75) is 19.4 Å². The molecule has 6 nitrogen and oxygen atoms in total. The van der Waals surface area contributed by atoms with Crippen LogP contribution >= 0.6 is 0 Å². The van der Waals surface area contributed by atoms with Crippen molar-refractivity contribution in [2.24, 2.45) is 0 Å². The highest BCUT2D eigenvalue weighted by Crippen LogP contribution is 2.31. The molecule has 0 atom stereocenters. The van der Waals surface area contributed by atoms with E-state index in [9.17, 15) is 9.18 Å². The Bertz CT molecular complexity index is 986. The van der Waals surface area contributed by atoms with E-state index >= 15 is 0 Å². The zero-order valence-corrected chi connectivity index (χ0v) is 16.6. The fraction of sp³-hybridized carbons (Fsp3) is 0.273. The Morgan fingerprint density at radius 3 is 2.66 bits per heavy atom. The highest BCUT2D eigenvalue weighted by Gasteiger charge is 2.16. The van der Waals surface area contributed by atoms with Gasteiger partial charge in [0.2, 0.25) is 5.91 Å². The summed E-state index contributed by atoms with van der Waals surface area (Å²) in [6, 6.07) is 11.9. The summed E-state index contributed by atoms with van der Waals surface area (Å²) in [5.74, 6) is 1.52. The lowest BCUT2D eigenvalue weighted by molar-refractivity contribution is -0.130. The molecule has 0 unspecified atom stereocenters. The molecule has 3 rings (SSSR count). The third kappa shape index (κ3) is 4.74. The number of hydrogen-bond acceptors (Lipinski definition) is 5. The SMILES string of the molecule is COc1cccc(CN(C)C(=O)CCc2ncc(-c3ccccc3F)o2)c1OC. The van der Waals surface area contributed by atoms with Gasteiger partial charge in [-0.1, -0.05) is 24.3 Å². The van der Waals surface area contributed by atoms with Gasteiger partial charge in [0.05, 0.1) is 26.0 Å². The Balaban J connectivity index is 1.61. The maximum atomic E-state index is 13.9. The number of amides is 1. The molecule has 0 aliphatic heterocycles. The summed E-state index contributed by atoms with van der Waals surface area (Å²) in [5, 5.41) is 0. The molecule has 0 saturated carbocycles. The first-order valence-corrected chi connectivity index (χ1v) is 9.17. The molecule has 152 valence electrons. The molecule has 29 heavy (non-hydrogen) atoms. The number of carbonyl (C=O) groups is 1. The summed E-state index contributed by atoms with van der Waals surface area (Å²) in [7, 11) is 4.86. The van der Waals surface area contributed by atoms with Crippen LogP contribution in [0.15, 0.2) is 53.1 Å². The van der Waals surface area contributed by atoms with Gasteiger partial charge >= 0.3 is 0 Å². The van der Waals surface area contributed by atoms with Gasteiger partial charge in [0.25, 0.3) is 0 Å². The van der Waals surface area contributed by atoms with Gasteiger partial charge in [0.15, 0.2) is 23.1 Å². The number of methoxy groups -OCH3 is 2. The van der Waals surface area contributed by atoms with Gasteiger partial charge in [0.1, 0.15) is 5.82 Å². The number of halogens is 1. The monoisotopic (exact) mass is 398 g/mol. The van der Waals surface area contributed by atoms with Crippen molar-refractivity contribution in [2.75, 3.05) is 21.3 Å². The molecule has 0 spiro atoms. The minimum absolute atomic E-state index is 0.0690. The van der Waals surface area contributed by atoms with Crippen LogP contribution in [0.5, 0.6) is 11.5 Å². The topological polar surface area (TPSA) is 64.8 Å². The predicted molar refractivity (Wildman–Crippen MR) is 106 cm³/mol. The quantitative estimate of drug-likeness (QED) is 0.572. The van der Waals surface area contributed by atoms with E-state index < -0.39 is 0 Å². The van der Waals surface area contributed by atoms with Crippen LogP contribution in [0.1, 0.15) is 17.9 Å². The van der Waals surface area contributed by atoms with Crippen molar-refractivity contribution in [3.63, 3.8) is 0 Å². The van der Waals surface area contributed by atoms with E-state index in [2.05, 4.69) is 4.98 Å². The third-order valence-electron chi connectivity index (χ3n) is 4.56. The van der Waals surface area contributed by atoms with Gasteiger partial charge in [-0.05, 0) is 18.2 Å². The predicted octanol–water partition coefficient (Wildman–Crippen LogP) is 4.09. The fourth-order valence-electron chi connectivity index (χ4n) is 3.04. The molecule has 1 heterocycles. The summed E-state index contributed by atoms with van der Waals surface area (Å²) in [6.45, 7) is 0.380. The van der Waals surface area contributed by atoms with Crippen LogP contribution in [0, 0.1) is 5.82 Å². The number of carbonyl (C=O) groups excluding carboxylic acids is 1. The van der Waals surface area contributed by atoms with Gasteiger partial charge < -0.3 is 18.8 Å². The number of benzene rings is 2. The van der Waals surface area contributed by atoms with Crippen molar-refractivity contribution in [1.82, 2.24) is 9.88 Å². The highest BCUT2D eigenvalue weighted by molar-refractivity contribution is 5.76. The molecule has 0 saturated heterocycles. The smallest absolute Gasteiger partial charge is 0.223 e. The first kappa shape index (κ1) is 20.4. The number of rotatable bonds is 8. The average molecular weight is 398 g/mol. The normalized spacial score (nSPS) is 10.6. The molecule has 0 aliphatic rings. The second-order valence-corrected chi connectivity index (χ2v) is 6.50. The molecule has 0 radical (unpaired) electrons. The summed E-state index contributed by atoms with van der Waals surface area (Å²) in [5.41, 5.74) is 1.19. The maximum Gasteiger partial charge on any atom is 0.223 e. The average Bonchev–Trinajstić information content (AvgIpc) is 3.20. The van der Waals surface area contributed by atoms with Crippen molar-refractivity contribution in [3.8, 4) is 22.8 Å². The van der Waals surface area contributed by atoms with Crippen LogP contribution in [0.2, 0.25) is 0 Å². The van der Waals surface area contributed by atoms with Gasteiger partial charge in [-0.3, -0.25) is 4.79 Å². The lowest BCUT2D eigenvalue weighted by Gasteiger charge is -2.19. The van der Waals surface area contributed by atoms with Gasteiger partial charge in [0, 0.05) is 32.0 Å². The van der Waals surface area contributed by atoms with Gasteiger partial charge in [-0.2, -0.15) is 0 Å². The molecule has 0 aliphatic carbocycles. The van der Waals surface area contributed by atoms with Crippen LogP contribution in [0.4, 0.5) is 4.39 Å². The molecule has 0 fully saturated rings. The van der Waals surface area contributed by atoms with Crippen molar-refractivity contribution < 1.29 is 23.1 Å². The van der Waals surface area contributed by atoms with E-state index in [1.807, 2.05) is 12.1 Å². The number of oxazole rings is 1. The summed E-state index contributed by atoms with van der Waals surface area (Å²) in [4.78, 5) is 18.3. The second kappa shape index (κ2) is 9.23. The van der Waals surface area contributed by atoms with E-state index in [1.54, 1.807) is 50.4 Å². The first-order chi connectivity index (χ1) is 14.0. The second-order valence-electron chi connectivity index (χ2n) is 6.50. The van der Waals surface area contributed by atoms with Crippen LogP contribution < -0.4 is 9.47 Å². The minimum atomic E-state index is -0.377. The molecule has 1 amide bonds. The summed E-state index contributed by atoms with van der Waals surface area (Å²) in [6.07, 6.45) is 2.02. The standard InChI is InChI=1S/C22H23FN2O4/c1-25(14-15-7-6-10-18(27-2)22(15)28-3)21(26)12-11-20-24-13-19(29-20)16-8-4-5-9-17(16)23/h4-10,13H,11-12,14H2,1-3H3. The molecular formula is C22H23FN2O4. The molecule has 0 bridgehead atoms. The third-order valence-corrected chi connectivity index (χ3v) is 4.56. The van der Waals surface area contributed by atoms with Crippen molar-refractivity contribution in [1.29, 1.82) is 0 Å². The largest absolute Gasteiger partial charge is 0.493 e. The van der Waals surface area contributed by atoms with Crippen LogP contribution in [-0.4, -0.2) is 37.1 Å². The Morgan fingerprint density at radius 2 is 1.93 bits per heavy atom. The molecule has 2 aromatic carbocycles. The number of aromatic nitrogens is 1. The number of para-hydroxylation sites is 1. The zero-order chi connectivity index (χ0) is 20.8. The van der Waals surface area contributed by atoms with Crippen molar-refractivity contribution >= 4 is 5.91 Å². The number of ether oxygens (including phenoxy) is 2. The molecular weight excluding hydrogens is 375 g/mol. The van der Waals surface area contributed by atoms with Crippen LogP contribution in [-0.2, 0) is 17.8 Å². The number of hydrogen-bond donors (Lipinski definition) is 0. The Morgan fingerprint density at radius 1 is 1.14 bits per heavy atom. The fourth-order valence-corrected chi connectivity index (χ4v) is 3.04. The molecule has 0 N–H and O–H groups in total. The van der Waals surface area contributed by atoms with E-state index in [0.717, 1.165) is 5.56 Å². The first-order valence-electron chi connectivity index (χ1n) is 9.17. The van der Waals surface area contributed by atoms with Gasteiger partial charge in [-0.25, -0.2) is 9.37 Å². The van der Waals surface area contributed by atoms with Gasteiger partial charge in [-0.15, -0.1) is 0 Å². The lowest BCUT2D eigenvalue weighted by Crippen LogP contribution is -2.26. The Kier molecular flexibility index (Phi) is 6.49. The highest BCUT2D eigenvalue weighted by atomic mass is 19.1. The van der Waals surface area contributed by atoms with E-state index in [1.165, 1.54) is 12.3 Å². The van der Waals surface area contributed by atoms with Crippen LogP contribution in [0.25, 0.3) is 11.3 Å². The Hall–Kier alpha value is -3.35. The Labute approximate surface area is 168 Å². The van der Waals surface area contributed by atoms with E-state index in [0.29, 0.717) is 41.7 Å². The lowest BCUT2D eigenvalue weighted by atomic mass is 10.1. The molecule has 3 aromatic rings. The zero-order valence-electron chi connectivity index (χ0n) is 16.6.